The molecule has 0 spiro atoms. The van der Waals surface area contributed by atoms with E-state index in [1.54, 1.807) is 24.3 Å². The summed E-state index contributed by atoms with van der Waals surface area (Å²) in [6, 6.07) is 6.07. The zero-order chi connectivity index (χ0) is 13.5. The number of benzene rings is 1. The standard InChI is InChI=1S/C12H15ClN2O3/c1-2-6-14-12(18)15(8-11(16)17)10-5-3-4-9(13)7-10/h3-5,7H,2,6,8H2,1H3,(H,14,18)(H,16,17). The highest BCUT2D eigenvalue weighted by molar-refractivity contribution is 6.30. The predicted octanol–water partition coefficient (Wildman–Crippen LogP) is 2.35. The largest absolute Gasteiger partial charge is 0.480 e. The number of halogens is 1. The second-order valence-electron chi connectivity index (χ2n) is 3.69. The number of aliphatic carboxylic acids is 1. The number of carboxylic acids is 1. The van der Waals surface area contributed by atoms with E-state index < -0.39 is 18.5 Å². The van der Waals surface area contributed by atoms with Gasteiger partial charge in [0.25, 0.3) is 0 Å². The lowest BCUT2D eigenvalue weighted by atomic mass is 10.3. The molecule has 1 rings (SSSR count). The number of hydrogen-bond donors (Lipinski definition) is 2. The normalized spacial score (nSPS) is 9.89. The van der Waals surface area contributed by atoms with Crippen molar-refractivity contribution in [2.45, 2.75) is 13.3 Å². The Labute approximate surface area is 110 Å². The summed E-state index contributed by atoms with van der Waals surface area (Å²) < 4.78 is 0. The molecule has 98 valence electrons. The third-order valence-corrected chi connectivity index (χ3v) is 2.42. The van der Waals surface area contributed by atoms with E-state index in [1.807, 2.05) is 6.92 Å². The van der Waals surface area contributed by atoms with Crippen molar-refractivity contribution in [3.63, 3.8) is 0 Å². The lowest BCUT2D eigenvalue weighted by Gasteiger charge is -2.21. The van der Waals surface area contributed by atoms with Crippen molar-refractivity contribution < 1.29 is 14.7 Å². The van der Waals surface area contributed by atoms with Gasteiger partial charge in [-0.25, -0.2) is 4.79 Å². The highest BCUT2D eigenvalue weighted by atomic mass is 35.5. The van der Waals surface area contributed by atoms with Crippen molar-refractivity contribution in [2.75, 3.05) is 18.0 Å². The summed E-state index contributed by atoms with van der Waals surface area (Å²) in [5.74, 6) is -1.08. The molecule has 0 atom stereocenters. The molecule has 0 saturated carbocycles. The van der Waals surface area contributed by atoms with E-state index >= 15 is 0 Å². The van der Waals surface area contributed by atoms with Crippen LogP contribution in [0.2, 0.25) is 5.02 Å². The van der Waals surface area contributed by atoms with Crippen LogP contribution in [0.5, 0.6) is 0 Å². The van der Waals surface area contributed by atoms with E-state index in [0.717, 1.165) is 11.3 Å². The number of rotatable bonds is 5. The number of hydrogen-bond acceptors (Lipinski definition) is 2. The molecule has 0 aliphatic heterocycles. The van der Waals surface area contributed by atoms with E-state index in [2.05, 4.69) is 5.32 Å². The van der Waals surface area contributed by atoms with Gasteiger partial charge in [0.15, 0.2) is 0 Å². The highest BCUT2D eigenvalue weighted by Gasteiger charge is 2.18. The molecule has 0 bridgehead atoms. The van der Waals surface area contributed by atoms with E-state index in [1.165, 1.54) is 0 Å². The highest BCUT2D eigenvalue weighted by Crippen LogP contribution is 2.19. The molecule has 0 aliphatic carbocycles. The lowest BCUT2D eigenvalue weighted by molar-refractivity contribution is -0.135. The van der Waals surface area contributed by atoms with Gasteiger partial charge in [0.05, 0.1) is 0 Å². The Bertz CT molecular complexity index is 437. The van der Waals surface area contributed by atoms with Crippen molar-refractivity contribution in [1.29, 1.82) is 0 Å². The van der Waals surface area contributed by atoms with Gasteiger partial charge in [0.1, 0.15) is 6.54 Å². The average molecular weight is 271 g/mol. The van der Waals surface area contributed by atoms with E-state index in [4.69, 9.17) is 16.7 Å². The summed E-state index contributed by atoms with van der Waals surface area (Å²) >= 11 is 5.83. The Balaban J connectivity index is 2.90. The molecule has 0 heterocycles. The van der Waals surface area contributed by atoms with Gasteiger partial charge in [0.2, 0.25) is 0 Å². The fraction of sp³-hybridized carbons (Fsp3) is 0.333. The Morgan fingerprint density at radius 3 is 2.72 bits per heavy atom. The van der Waals surface area contributed by atoms with Gasteiger partial charge >= 0.3 is 12.0 Å². The number of nitrogens with zero attached hydrogens (tertiary/aromatic N) is 1. The molecule has 0 saturated heterocycles. The quantitative estimate of drug-likeness (QED) is 0.863. The lowest BCUT2D eigenvalue weighted by Crippen LogP contribution is -2.43. The van der Waals surface area contributed by atoms with Crippen LogP contribution in [-0.4, -0.2) is 30.2 Å². The van der Waals surface area contributed by atoms with Crippen LogP contribution in [0, 0.1) is 0 Å². The SMILES string of the molecule is CCCNC(=O)N(CC(=O)O)c1cccc(Cl)c1. The van der Waals surface area contributed by atoms with Gasteiger partial charge in [0, 0.05) is 17.3 Å². The first kappa shape index (κ1) is 14.3. The summed E-state index contributed by atoms with van der Waals surface area (Å²) in [6.07, 6.45) is 0.780. The summed E-state index contributed by atoms with van der Waals surface area (Å²) in [4.78, 5) is 23.8. The first-order chi connectivity index (χ1) is 8.54. The average Bonchev–Trinajstić information content (AvgIpc) is 2.32. The minimum Gasteiger partial charge on any atom is -0.480 e. The second-order valence-corrected chi connectivity index (χ2v) is 4.13. The van der Waals surface area contributed by atoms with Crippen LogP contribution in [0.25, 0.3) is 0 Å². The molecule has 1 aromatic carbocycles. The Hall–Kier alpha value is -1.75. The molecule has 0 aromatic heterocycles. The predicted molar refractivity (Wildman–Crippen MR) is 70.1 cm³/mol. The molecule has 0 unspecified atom stereocenters. The summed E-state index contributed by atoms with van der Waals surface area (Å²) in [5.41, 5.74) is 0.457. The van der Waals surface area contributed by atoms with Crippen LogP contribution < -0.4 is 10.2 Å². The third-order valence-electron chi connectivity index (χ3n) is 2.18. The topological polar surface area (TPSA) is 69.6 Å². The summed E-state index contributed by atoms with van der Waals surface area (Å²) in [6.45, 7) is 2.01. The Kier molecular flexibility index (Phi) is 5.45. The van der Waals surface area contributed by atoms with E-state index in [0.29, 0.717) is 17.3 Å². The van der Waals surface area contributed by atoms with Crippen LogP contribution >= 0.6 is 11.6 Å². The first-order valence-corrected chi connectivity index (χ1v) is 5.95. The Morgan fingerprint density at radius 1 is 1.44 bits per heavy atom. The fourth-order valence-electron chi connectivity index (χ4n) is 1.39. The number of carbonyl (C=O) groups excluding carboxylic acids is 1. The molecule has 2 N–H and O–H groups in total. The molecule has 0 radical (unpaired) electrons. The Morgan fingerprint density at radius 2 is 2.17 bits per heavy atom. The number of anilines is 1. The van der Waals surface area contributed by atoms with Crippen LogP contribution in [0.1, 0.15) is 13.3 Å². The van der Waals surface area contributed by atoms with Crippen LogP contribution in [0.15, 0.2) is 24.3 Å². The van der Waals surface area contributed by atoms with Crippen LogP contribution in [0.4, 0.5) is 10.5 Å². The second kappa shape index (κ2) is 6.86. The molecule has 1 aromatic rings. The fourth-order valence-corrected chi connectivity index (χ4v) is 1.57. The van der Waals surface area contributed by atoms with E-state index in [9.17, 15) is 9.59 Å². The number of amides is 2. The van der Waals surface area contributed by atoms with Crippen molar-refractivity contribution in [3.8, 4) is 0 Å². The van der Waals surface area contributed by atoms with Gasteiger partial charge < -0.3 is 10.4 Å². The third kappa shape index (κ3) is 4.25. The van der Waals surface area contributed by atoms with E-state index in [-0.39, 0.29) is 0 Å². The molecular formula is C12H15ClN2O3. The van der Waals surface area contributed by atoms with Gasteiger partial charge in [-0.15, -0.1) is 0 Å². The van der Waals surface area contributed by atoms with Crippen LogP contribution in [0.3, 0.4) is 0 Å². The number of nitrogens with one attached hydrogen (secondary N) is 1. The maximum absolute atomic E-state index is 11.9. The molecular weight excluding hydrogens is 256 g/mol. The van der Waals surface area contributed by atoms with Crippen molar-refractivity contribution in [2.24, 2.45) is 0 Å². The first-order valence-electron chi connectivity index (χ1n) is 5.57. The number of carboxylic acid groups (broad SMARTS) is 1. The minimum absolute atomic E-state index is 0.407. The molecule has 5 nitrogen and oxygen atoms in total. The van der Waals surface area contributed by atoms with Crippen LogP contribution in [-0.2, 0) is 4.79 Å². The molecule has 0 aliphatic rings. The van der Waals surface area contributed by atoms with Gasteiger partial charge in [-0.1, -0.05) is 24.6 Å². The zero-order valence-corrected chi connectivity index (χ0v) is 10.8. The number of carbonyl (C=O) groups is 2. The molecule has 18 heavy (non-hydrogen) atoms. The molecule has 0 fully saturated rings. The maximum atomic E-state index is 11.9. The molecule has 2 amide bonds. The van der Waals surface area contributed by atoms with Gasteiger partial charge in [-0.3, -0.25) is 9.69 Å². The number of urea groups is 1. The zero-order valence-electron chi connectivity index (χ0n) is 10.0. The monoisotopic (exact) mass is 270 g/mol. The summed E-state index contributed by atoms with van der Waals surface area (Å²) in [7, 11) is 0. The van der Waals surface area contributed by atoms with Gasteiger partial charge in [-0.05, 0) is 24.6 Å². The summed E-state index contributed by atoms with van der Waals surface area (Å²) in [5, 5.41) is 11.9. The maximum Gasteiger partial charge on any atom is 0.323 e. The minimum atomic E-state index is -1.08. The molecule has 6 heteroatoms. The van der Waals surface area contributed by atoms with Gasteiger partial charge in [-0.2, -0.15) is 0 Å². The van der Waals surface area contributed by atoms with Crippen molar-refractivity contribution in [3.05, 3.63) is 29.3 Å². The van der Waals surface area contributed by atoms with Crippen molar-refractivity contribution >= 4 is 29.3 Å². The smallest absolute Gasteiger partial charge is 0.323 e. The van der Waals surface area contributed by atoms with Crippen molar-refractivity contribution in [1.82, 2.24) is 5.32 Å².